The summed E-state index contributed by atoms with van der Waals surface area (Å²) in [6, 6.07) is 2.70. The van der Waals surface area contributed by atoms with Gasteiger partial charge in [-0.25, -0.2) is 0 Å². The minimum Gasteiger partial charge on any atom is -0.365 e. The summed E-state index contributed by atoms with van der Waals surface area (Å²) in [4.78, 5) is 12.0. The highest BCUT2D eigenvalue weighted by atomic mass is 19.4. The lowest BCUT2D eigenvalue weighted by molar-refractivity contribution is -0.384. The molecule has 1 aliphatic heterocycles. The summed E-state index contributed by atoms with van der Waals surface area (Å²) in [6.45, 7) is 1.55. The molecule has 0 spiro atoms. The number of alkyl halides is 3. The lowest BCUT2D eigenvalue weighted by atomic mass is 10.0. The van der Waals surface area contributed by atoms with Crippen molar-refractivity contribution in [3.8, 4) is 0 Å². The Kier molecular flexibility index (Phi) is 4.36. The summed E-state index contributed by atoms with van der Waals surface area (Å²) in [5, 5.41) is 14.3. The number of likely N-dealkylation sites (N-methyl/N-ethyl adjacent to an activating group) is 1. The van der Waals surface area contributed by atoms with E-state index < -0.39 is 22.4 Å². The second-order valence-electron chi connectivity index (χ2n) is 5.07. The fourth-order valence-corrected chi connectivity index (χ4v) is 2.50. The Balaban J connectivity index is 2.36. The zero-order valence-electron chi connectivity index (χ0n) is 11.5. The van der Waals surface area contributed by atoms with Gasteiger partial charge in [0.2, 0.25) is 0 Å². The molecule has 2 rings (SSSR count). The highest BCUT2D eigenvalue weighted by molar-refractivity contribution is 5.65. The predicted octanol–water partition coefficient (Wildman–Crippen LogP) is 2.80. The van der Waals surface area contributed by atoms with Gasteiger partial charge in [-0.1, -0.05) is 0 Å². The molecule has 1 unspecified atom stereocenters. The maximum Gasteiger partial charge on any atom is 0.416 e. The molecule has 0 saturated carbocycles. The number of nitro groups is 1. The normalized spacial score (nSPS) is 19.3. The molecule has 0 radical (unpaired) electrons. The topological polar surface area (TPSA) is 58.4 Å². The summed E-state index contributed by atoms with van der Waals surface area (Å²) in [5.74, 6) is 0. The highest BCUT2D eigenvalue weighted by Gasteiger charge is 2.34. The lowest BCUT2D eigenvalue weighted by Crippen LogP contribution is -2.44. The van der Waals surface area contributed by atoms with Gasteiger partial charge in [0, 0.05) is 25.7 Å². The zero-order valence-corrected chi connectivity index (χ0v) is 11.5. The van der Waals surface area contributed by atoms with E-state index in [0.717, 1.165) is 25.5 Å². The van der Waals surface area contributed by atoms with Crippen LogP contribution in [0.4, 0.5) is 24.5 Å². The van der Waals surface area contributed by atoms with Crippen molar-refractivity contribution in [2.45, 2.75) is 25.1 Å². The molecule has 1 aromatic carbocycles. The SMILES string of the molecule is CN(c1ccc(C(F)(F)F)cc1[N+](=O)[O-])C1CCCNC1. The maximum atomic E-state index is 12.7. The second kappa shape index (κ2) is 5.88. The molecule has 1 saturated heterocycles. The number of rotatable bonds is 3. The Bertz CT molecular complexity index is 528. The van der Waals surface area contributed by atoms with Gasteiger partial charge in [0.15, 0.2) is 0 Å². The van der Waals surface area contributed by atoms with Gasteiger partial charge in [0.05, 0.1) is 10.5 Å². The number of nitro benzene ring substituents is 1. The van der Waals surface area contributed by atoms with Crippen molar-refractivity contribution in [1.82, 2.24) is 5.32 Å². The third-order valence-corrected chi connectivity index (χ3v) is 3.70. The number of nitrogens with one attached hydrogen (secondary N) is 1. The van der Waals surface area contributed by atoms with Crippen LogP contribution in [0.5, 0.6) is 0 Å². The molecule has 1 heterocycles. The molecule has 1 atom stereocenters. The van der Waals surface area contributed by atoms with Crippen molar-refractivity contribution < 1.29 is 18.1 Å². The van der Waals surface area contributed by atoms with E-state index in [1.807, 2.05) is 0 Å². The Labute approximate surface area is 119 Å². The molecule has 0 aromatic heterocycles. The average Bonchev–Trinajstić information content (AvgIpc) is 2.45. The van der Waals surface area contributed by atoms with Crippen molar-refractivity contribution >= 4 is 11.4 Å². The fourth-order valence-electron chi connectivity index (χ4n) is 2.50. The lowest BCUT2D eigenvalue weighted by Gasteiger charge is -2.33. The van der Waals surface area contributed by atoms with Crippen molar-refractivity contribution in [2.75, 3.05) is 25.0 Å². The standard InChI is InChI=1S/C13H16F3N3O2/c1-18(10-3-2-6-17-8-10)11-5-4-9(13(14,15)16)7-12(11)19(20)21/h4-5,7,10,17H,2-3,6,8H2,1H3. The summed E-state index contributed by atoms with van der Waals surface area (Å²) < 4.78 is 38.0. The maximum absolute atomic E-state index is 12.7. The predicted molar refractivity (Wildman–Crippen MR) is 72.4 cm³/mol. The monoisotopic (exact) mass is 303 g/mol. The number of nitrogens with zero attached hydrogens (tertiary/aromatic N) is 2. The molecule has 0 bridgehead atoms. The molecular weight excluding hydrogens is 287 g/mol. The largest absolute Gasteiger partial charge is 0.416 e. The van der Waals surface area contributed by atoms with Gasteiger partial charge in [0.25, 0.3) is 5.69 Å². The Hall–Kier alpha value is -1.83. The van der Waals surface area contributed by atoms with E-state index in [1.54, 1.807) is 11.9 Å². The smallest absolute Gasteiger partial charge is 0.365 e. The van der Waals surface area contributed by atoms with Gasteiger partial charge in [-0.3, -0.25) is 10.1 Å². The van der Waals surface area contributed by atoms with Crippen LogP contribution in [0.1, 0.15) is 18.4 Å². The Morgan fingerprint density at radius 1 is 1.43 bits per heavy atom. The number of hydrogen-bond acceptors (Lipinski definition) is 4. The van der Waals surface area contributed by atoms with E-state index in [0.29, 0.717) is 12.6 Å². The molecule has 1 N–H and O–H groups in total. The van der Waals surface area contributed by atoms with E-state index in [2.05, 4.69) is 5.32 Å². The van der Waals surface area contributed by atoms with Crippen LogP contribution < -0.4 is 10.2 Å². The first-order chi connectivity index (χ1) is 9.80. The Morgan fingerprint density at radius 3 is 2.67 bits per heavy atom. The van der Waals surface area contributed by atoms with Gasteiger partial charge in [0.1, 0.15) is 5.69 Å². The summed E-state index contributed by atoms with van der Waals surface area (Å²) in [7, 11) is 1.67. The molecule has 0 aliphatic carbocycles. The highest BCUT2D eigenvalue weighted by Crippen LogP contribution is 2.37. The molecule has 21 heavy (non-hydrogen) atoms. The third kappa shape index (κ3) is 3.44. The van der Waals surface area contributed by atoms with Crippen LogP contribution in [-0.4, -0.2) is 31.1 Å². The van der Waals surface area contributed by atoms with E-state index >= 15 is 0 Å². The summed E-state index contributed by atoms with van der Waals surface area (Å²) in [6.07, 6.45) is -2.81. The first kappa shape index (κ1) is 15.6. The number of hydrogen-bond donors (Lipinski definition) is 1. The molecule has 8 heteroatoms. The molecule has 116 valence electrons. The van der Waals surface area contributed by atoms with Crippen LogP contribution in [0.15, 0.2) is 18.2 Å². The molecule has 5 nitrogen and oxygen atoms in total. The number of halogens is 3. The Morgan fingerprint density at radius 2 is 2.14 bits per heavy atom. The molecule has 1 fully saturated rings. The van der Waals surface area contributed by atoms with Crippen LogP contribution in [0.25, 0.3) is 0 Å². The zero-order chi connectivity index (χ0) is 15.6. The van der Waals surface area contributed by atoms with Crippen molar-refractivity contribution in [3.63, 3.8) is 0 Å². The molecule has 1 aromatic rings. The minimum absolute atomic E-state index is 0.0363. The van der Waals surface area contributed by atoms with Gasteiger partial charge in [-0.05, 0) is 31.5 Å². The van der Waals surface area contributed by atoms with Crippen LogP contribution in [0.2, 0.25) is 0 Å². The third-order valence-electron chi connectivity index (χ3n) is 3.70. The summed E-state index contributed by atoms with van der Waals surface area (Å²) >= 11 is 0. The second-order valence-corrected chi connectivity index (χ2v) is 5.07. The van der Waals surface area contributed by atoms with Crippen LogP contribution in [0, 0.1) is 10.1 Å². The summed E-state index contributed by atoms with van der Waals surface area (Å²) in [5.41, 5.74) is -1.31. The van der Waals surface area contributed by atoms with E-state index in [9.17, 15) is 23.3 Å². The van der Waals surface area contributed by atoms with Gasteiger partial charge in [-0.15, -0.1) is 0 Å². The first-order valence-electron chi connectivity index (χ1n) is 6.60. The van der Waals surface area contributed by atoms with Crippen LogP contribution in [0.3, 0.4) is 0 Å². The van der Waals surface area contributed by atoms with E-state index in [4.69, 9.17) is 0 Å². The van der Waals surface area contributed by atoms with Gasteiger partial charge < -0.3 is 10.2 Å². The average molecular weight is 303 g/mol. The van der Waals surface area contributed by atoms with Crippen LogP contribution >= 0.6 is 0 Å². The van der Waals surface area contributed by atoms with E-state index in [-0.39, 0.29) is 11.7 Å². The number of benzene rings is 1. The van der Waals surface area contributed by atoms with Crippen molar-refractivity contribution in [2.24, 2.45) is 0 Å². The van der Waals surface area contributed by atoms with E-state index in [1.165, 1.54) is 6.07 Å². The molecule has 1 aliphatic rings. The van der Waals surface area contributed by atoms with Gasteiger partial charge >= 0.3 is 6.18 Å². The van der Waals surface area contributed by atoms with Crippen molar-refractivity contribution in [3.05, 3.63) is 33.9 Å². The molecule has 0 amide bonds. The van der Waals surface area contributed by atoms with Crippen LogP contribution in [-0.2, 0) is 6.18 Å². The minimum atomic E-state index is -4.59. The quantitative estimate of drug-likeness (QED) is 0.689. The van der Waals surface area contributed by atoms with Gasteiger partial charge in [-0.2, -0.15) is 13.2 Å². The number of piperidine rings is 1. The molecular formula is C13H16F3N3O2. The fraction of sp³-hybridized carbons (Fsp3) is 0.538. The van der Waals surface area contributed by atoms with Crippen molar-refractivity contribution in [1.29, 1.82) is 0 Å². The number of anilines is 1. The first-order valence-corrected chi connectivity index (χ1v) is 6.60.